The molecule has 110 valence electrons. The van der Waals surface area contributed by atoms with Gasteiger partial charge in [0.25, 0.3) is 0 Å². The molecule has 1 heterocycles. The van der Waals surface area contributed by atoms with E-state index in [2.05, 4.69) is 15.6 Å². The standard InChI is InChI=1S/C13H10Cl3N3O2/c1-21-10-3-7(14)2-8(4-10)17-13(20)18-9-5-11(15)19-12(16)6-9/h2-6H,1H3,(H2,17,18,19,20). The maximum absolute atomic E-state index is 11.9. The van der Waals surface area contributed by atoms with Gasteiger partial charge in [0, 0.05) is 22.5 Å². The highest BCUT2D eigenvalue weighted by Crippen LogP contribution is 2.24. The van der Waals surface area contributed by atoms with Crippen molar-refractivity contribution in [3.63, 3.8) is 0 Å². The van der Waals surface area contributed by atoms with Crippen molar-refractivity contribution in [1.29, 1.82) is 0 Å². The lowest BCUT2D eigenvalue weighted by Crippen LogP contribution is -2.19. The van der Waals surface area contributed by atoms with Gasteiger partial charge in [-0.15, -0.1) is 0 Å². The fourth-order valence-corrected chi connectivity index (χ4v) is 2.27. The molecule has 0 saturated carbocycles. The third-order valence-corrected chi connectivity index (χ3v) is 2.99. The van der Waals surface area contributed by atoms with Gasteiger partial charge in [-0.05, 0) is 24.3 Å². The molecule has 0 atom stereocenters. The number of carbonyl (C=O) groups excluding carboxylic acids is 1. The highest BCUT2D eigenvalue weighted by Gasteiger charge is 2.07. The topological polar surface area (TPSA) is 63.2 Å². The van der Waals surface area contributed by atoms with Crippen molar-refractivity contribution in [3.05, 3.63) is 45.7 Å². The van der Waals surface area contributed by atoms with Crippen molar-refractivity contribution in [2.24, 2.45) is 0 Å². The van der Waals surface area contributed by atoms with E-state index in [0.29, 0.717) is 22.1 Å². The number of halogens is 3. The number of pyridine rings is 1. The van der Waals surface area contributed by atoms with Crippen LogP contribution in [0.1, 0.15) is 0 Å². The second-order valence-electron chi connectivity index (χ2n) is 3.96. The SMILES string of the molecule is COc1cc(Cl)cc(NC(=O)Nc2cc(Cl)nc(Cl)c2)c1. The van der Waals surface area contributed by atoms with Crippen LogP contribution in [0.4, 0.5) is 16.2 Å². The van der Waals surface area contributed by atoms with Crippen LogP contribution in [0.5, 0.6) is 5.75 Å². The number of carbonyl (C=O) groups is 1. The van der Waals surface area contributed by atoms with Gasteiger partial charge in [0.05, 0.1) is 7.11 Å². The first-order valence-corrected chi connectivity index (χ1v) is 6.85. The van der Waals surface area contributed by atoms with Gasteiger partial charge in [0.2, 0.25) is 0 Å². The number of rotatable bonds is 3. The average molecular weight is 347 g/mol. The minimum absolute atomic E-state index is 0.183. The quantitative estimate of drug-likeness (QED) is 0.792. The highest BCUT2D eigenvalue weighted by atomic mass is 35.5. The molecule has 0 radical (unpaired) electrons. The Balaban J connectivity index is 2.09. The zero-order valence-electron chi connectivity index (χ0n) is 10.8. The summed E-state index contributed by atoms with van der Waals surface area (Å²) in [6.07, 6.45) is 0. The van der Waals surface area contributed by atoms with E-state index in [4.69, 9.17) is 39.5 Å². The second kappa shape index (κ2) is 6.85. The van der Waals surface area contributed by atoms with Crippen LogP contribution in [-0.4, -0.2) is 18.1 Å². The van der Waals surface area contributed by atoms with E-state index in [1.807, 2.05) is 0 Å². The van der Waals surface area contributed by atoms with Crippen molar-refractivity contribution in [2.75, 3.05) is 17.7 Å². The number of nitrogens with one attached hydrogen (secondary N) is 2. The number of urea groups is 1. The predicted octanol–water partition coefficient (Wildman–Crippen LogP) is 4.69. The van der Waals surface area contributed by atoms with Crippen LogP contribution in [0.15, 0.2) is 30.3 Å². The molecule has 8 heteroatoms. The van der Waals surface area contributed by atoms with Crippen LogP contribution in [-0.2, 0) is 0 Å². The second-order valence-corrected chi connectivity index (χ2v) is 5.17. The van der Waals surface area contributed by atoms with E-state index in [9.17, 15) is 4.79 Å². The molecule has 0 bridgehead atoms. The van der Waals surface area contributed by atoms with Gasteiger partial charge >= 0.3 is 6.03 Å². The van der Waals surface area contributed by atoms with Crippen LogP contribution in [0, 0.1) is 0 Å². The number of anilines is 2. The van der Waals surface area contributed by atoms with Crippen molar-refractivity contribution >= 4 is 52.2 Å². The third-order valence-electron chi connectivity index (χ3n) is 2.39. The van der Waals surface area contributed by atoms with Crippen molar-refractivity contribution in [3.8, 4) is 5.75 Å². The van der Waals surface area contributed by atoms with Gasteiger partial charge in [-0.25, -0.2) is 9.78 Å². The first-order valence-electron chi connectivity index (χ1n) is 5.72. The van der Waals surface area contributed by atoms with Crippen LogP contribution in [0.2, 0.25) is 15.3 Å². The molecule has 0 aliphatic rings. The maximum atomic E-state index is 11.9. The van der Waals surface area contributed by atoms with E-state index in [1.165, 1.54) is 19.2 Å². The zero-order chi connectivity index (χ0) is 15.4. The Hall–Kier alpha value is -1.69. The van der Waals surface area contributed by atoms with Gasteiger partial charge < -0.3 is 15.4 Å². The summed E-state index contributed by atoms with van der Waals surface area (Å²) in [5, 5.41) is 6.02. The summed E-state index contributed by atoms with van der Waals surface area (Å²) < 4.78 is 5.07. The van der Waals surface area contributed by atoms with Gasteiger partial charge in [-0.3, -0.25) is 0 Å². The fraction of sp³-hybridized carbons (Fsp3) is 0.0769. The molecule has 1 aromatic carbocycles. The van der Waals surface area contributed by atoms with Crippen LogP contribution in [0.25, 0.3) is 0 Å². The molecule has 2 N–H and O–H groups in total. The highest BCUT2D eigenvalue weighted by molar-refractivity contribution is 6.33. The summed E-state index contributed by atoms with van der Waals surface area (Å²) in [6.45, 7) is 0. The monoisotopic (exact) mass is 345 g/mol. The van der Waals surface area contributed by atoms with E-state index in [1.54, 1.807) is 18.2 Å². The Morgan fingerprint density at radius 2 is 1.57 bits per heavy atom. The first-order chi connectivity index (χ1) is 9.96. The van der Waals surface area contributed by atoms with E-state index >= 15 is 0 Å². The number of amides is 2. The van der Waals surface area contributed by atoms with Crippen molar-refractivity contribution in [1.82, 2.24) is 4.98 Å². The lowest BCUT2D eigenvalue weighted by atomic mass is 10.3. The average Bonchev–Trinajstić information content (AvgIpc) is 2.36. The molecule has 0 saturated heterocycles. The molecule has 0 spiro atoms. The molecule has 5 nitrogen and oxygen atoms in total. The number of methoxy groups -OCH3 is 1. The Kier molecular flexibility index (Phi) is 5.12. The zero-order valence-corrected chi connectivity index (χ0v) is 13.1. The van der Waals surface area contributed by atoms with Crippen LogP contribution in [0.3, 0.4) is 0 Å². The molecule has 2 aromatic rings. The Labute approximate surface area is 136 Å². The molecule has 21 heavy (non-hydrogen) atoms. The molecule has 0 aliphatic heterocycles. The van der Waals surface area contributed by atoms with Crippen LogP contribution < -0.4 is 15.4 Å². The van der Waals surface area contributed by atoms with Gasteiger partial charge in [0.15, 0.2) is 0 Å². The molecule has 0 fully saturated rings. The predicted molar refractivity (Wildman–Crippen MR) is 84.9 cm³/mol. The summed E-state index contributed by atoms with van der Waals surface area (Å²) in [4.78, 5) is 15.7. The third kappa shape index (κ3) is 4.67. The van der Waals surface area contributed by atoms with E-state index in [0.717, 1.165) is 0 Å². The van der Waals surface area contributed by atoms with Crippen LogP contribution >= 0.6 is 34.8 Å². The van der Waals surface area contributed by atoms with Gasteiger partial charge in [-0.1, -0.05) is 34.8 Å². The fourth-order valence-electron chi connectivity index (χ4n) is 1.58. The smallest absolute Gasteiger partial charge is 0.323 e. The summed E-state index contributed by atoms with van der Waals surface area (Å²) >= 11 is 17.4. The van der Waals surface area contributed by atoms with Crippen molar-refractivity contribution < 1.29 is 9.53 Å². The lowest BCUT2D eigenvalue weighted by Gasteiger charge is -2.10. The lowest BCUT2D eigenvalue weighted by molar-refractivity contribution is 0.262. The molecule has 2 rings (SSSR count). The number of benzene rings is 1. The maximum Gasteiger partial charge on any atom is 0.323 e. The molecule has 2 amide bonds. The van der Waals surface area contributed by atoms with Gasteiger partial charge in [0.1, 0.15) is 16.1 Å². The Bertz CT molecular complexity index is 659. The summed E-state index contributed by atoms with van der Waals surface area (Å²) in [7, 11) is 1.51. The first kappa shape index (κ1) is 15.7. The number of ether oxygens (including phenoxy) is 1. The minimum Gasteiger partial charge on any atom is -0.497 e. The largest absolute Gasteiger partial charge is 0.497 e. The molecule has 1 aromatic heterocycles. The van der Waals surface area contributed by atoms with Crippen molar-refractivity contribution in [2.45, 2.75) is 0 Å². The number of hydrogen-bond acceptors (Lipinski definition) is 3. The number of hydrogen-bond donors (Lipinski definition) is 2. The summed E-state index contributed by atoms with van der Waals surface area (Å²) in [6, 6.07) is 7.34. The Morgan fingerprint density at radius 3 is 2.14 bits per heavy atom. The van der Waals surface area contributed by atoms with Gasteiger partial charge in [-0.2, -0.15) is 0 Å². The van der Waals surface area contributed by atoms with E-state index in [-0.39, 0.29) is 10.3 Å². The number of nitrogens with zero attached hydrogens (tertiary/aromatic N) is 1. The normalized spacial score (nSPS) is 10.1. The van der Waals surface area contributed by atoms with E-state index < -0.39 is 6.03 Å². The summed E-state index contributed by atoms with van der Waals surface area (Å²) in [5.41, 5.74) is 0.912. The Morgan fingerprint density at radius 1 is 1.00 bits per heavy atom. The minimum atomic E-state index is -0.474. The molecule has 0 aliphatic carbocycles. The number of aromatic nitrogens is 1. The molecule has 0 unspecified atom stereocenters. The molecular weight excluding hydrogens is 337 g/mol. The summed E-state index contributed by atoms with van der Waals surface area (Å²) in [5.74, 6) is 0.535. The molecular formula is C13H10Cl3N3O2.